The van der Waals surface area contributed by atoms with Crippen LogP contribution in [-0.4, -0.2) is 48.4 Å². The molecule has 0 aliphatic carbocycles. The number of likely N-dealkylation sites (tertiary alicyclic amines) is 1. The molecule has 8 heteroatoms. The number of hydrogen-bond donors (Lipinski definition) is 0. The molecule has 0 N–H and O–H groups in total. The third kappa shape index (κ3) is 5.19. The van der Waals surface area contributed by atoms with Gasteiger partial charge in [0.25, 0.3) is 0 Å². The van der Waals surface area contributed by atoms with E-state index in [2.05, 4.69) is 4.90 Å². The Bertz CT molecular complexity index is 1220. The third-order valence-corrected chi connectivity index (χ3v) is 7.61. The lowest BCUT2D eigenvalue weighted by molar-refractivity contribution is -0.137. The van der Waals surface area contributed by atoms with Crippen molar-refractivity contribution in [3.8, 4) is 16.9 Å². The number of alkyl halides is 3. The van der Waals surface area contributed by atoms with E-state index >= 15 is 0 Å². The summed E-state index contributed by atoms with van der Waals surface area (Å²) in [4.78, 5) is 17.1. The number of halogens is 3. The van der Waals surface area contributed by atoms with Crippen LogP contribution in [0.2, 0.25) is 0 Å². The molecule has 0 radical (unpaired) electrons. The minimum absolute atomic E-state index is 0.0287. The molecule has 2 aromatic rings. The zero-order chi connectivity index (χ0) is 27.4. The van der Waals surface area contributed by atoms with E-state index in [1.165, 1.54) is 11.8 Å². The number of benzene rings is 2. The molecule has 3 aliphatic rings. The van der Waals surface area contributed by atoms with E-state index in [0.29, 0.717) is 18.7 Å². The second-order valence-corrected chi connectivity index (χ2v) is 12.0. The molecule has 1 amide bonds. The van der Waals surface area contributed by atoms with Gasteiger partial charge in [-0.1, -0.05) is 6.07 Å². The van der Waals surface area contributed by atoms with E-state index in [9.17, 15) is 18.0 Å². The minimum atomic E-state index is -4.52. The van der Waals surface area contributed by atoms with Gasteiger partial charge in [-0.3, -0.25) is 0 Å². The van der Waals surface area contributed by atoms with E-state index in [-0.39, 0.29) is 35.5 Å². The van der Waals surface area contributed by atoms with E-state index in [0.717, 1.165) is 49.4 Å². The zero-order valence-electron chi connectivity index (χ0n) is 22.8. The highest BCUT2D eigenvalue weighted by Gasteiger charge is 2.45. The largest absolute Gasteiger partial charge is 0.491 e. The van der Waals surface area contributed by atoms with Gasteiger partial charge < -0.3 is 19.3 Å². The lowest BCUT2D eigenvalue weighted by Crippen LogP contribution is -2.49. The highest BCUT2D eigenvalue weighted by atomic mass is 19.4. The van der Waals surface area contributed by atoms with Crippen molar-refractivity contribution >= 4 is 11.8 Å². The number of rotatable bonds is 3. The van der Waals surface area contributed by atoms with Crippen molar-refractivity contribution in [1.29, 1.82) is 0 Å². The first kappa shape index (κ1) is 26.7. The number of fused-ring (bicyclic) bond motifs is 3. The van der Waals surface area contributed by atoms with E-state index in [1.54, 1.807) is 24.8 Å². The van der Waals surface area contributed by atoms with Crippen molar-refractivity contribution in [3.05, 3.63) is 47.0 Å². The predicted octanol–water partition coefficient (Wildman–Crippen LogP) is 7.41. The SMILES string of the molecule is CC(C)Oc1ccc(-c2cc3c4c(c2)[C@@H]2CN(C(=O)OC(C)(C)C)CC[C@@H]2N4CCCC3)c(C(F)(F)F)c1. The van der Waals surface area contributed by atoms with Crippen LogP contribution in [0.1, 0.15) is 76.5 Å². The second kappa shape index (κ2) is 9.69. The van der Waals surface area contributed by atoms with Gasteiger partial charge in [0.15, 0.2) is 0 Å². The van der Waals surface area contributed by atoms with Gasteiger partial charge in [0.1, 0.15) is 11.4 Å². The van der Waals surface area contributed by atoms with E-state index in [1.807, 2.05) is 32.9 Å². The Morgan fingerprint density at radius 3 is 2.50 bits per heavy atom. The van der Waals surface area contributed by atoms with Crippen LogP contribution < -0.4 is 9.64 Å². The zero-order valence-corrected chi connectivity index (χ0v) is 22.8. The fourth-order valence-electron chi connectivity index (χ4n) is 6.20. The standard InChI is InChI=1S/C30H37F3N2O3/c1-18(2)37-21-9-10-22(25(16-21)30(31,32)33)20-14-19-8-6-7-12-35-26-11-13-34(28(36)38-29(3,4)5)17-24(26)23(15-20)27(19)35/h9-10,14-16,18,24,26H,6-8,11-13,17H2,1-5H3/t24-,26-/m0/s1. The molecule has 0 bridgehead atoms. The fourth-order valence-corrected chi connectivity index (χ4v) is 6.20. The molecule has 206 valence electrons. The Labute approximate surface area is 222 Å². The molecule has 5 nitrogen and oxygen atoms in total. The molecule has 0 spiro atoms. The molecule has 0 saturated carbocycles. The number of hydrogen-bond acceptors (Lipinski definition) is 4. The maximum absolute atomic E-state index is 14.3. The maximum atomic E-state index is 14.3. The molecule has 3 heterocycles. The predicted molar refractivity (Wildman–Crippen MR) is 142 cm³/mol. The summed E-state index contributed by atoms with van der Waals surface area (Å²) in [6, 6.07) is 8.39. The summed E-state index contributed by atoms with van der Waals surface area (Å²) >= 11 is 0. The molecule has 0 unspecified atom stereocenters. The maximum Gasteiger partial charge on any atom is 0.417 e. The van der Waals surface area contributed by atoms with Gasteiger partial charge in [0.2, 0.25) is 0 Å². The summed E-state index contributed by atoms with van der Waals surface area (Å²) in [5.74, 6) is 0.239. The van der Waals surface area contributed by atoms with Gasteiger partial charge in [-0.25, -0.2) is 4.79 Å². The summed E-state index contributed by atoms with van der Waals surface area (Å²) in [7, 11) is 0. The van der Waals surface area contributed by atoms with Crippen LogP contribution in [0.3, 0.4) is 0 Å². The molecule has 38 heavy (non-hydrogen) atoms. The fraction of sp³-hybridized carbons (Fsp3) is 0.567. The van der Waals surface area contributed by atoms with Gasteiger partial charge in [-0.05, 0) is 107 Å². The molecule has 1 fully saturated rings. The van der Waals surface area contributed by atoms with Crippen LogP contribution in [0.25, 0.3) is 11.1 Å². The number of nitrogens with zero attached hydrogens (tertiary/aromatic N) is 2. The number of carbonyl (C=O) groups excluding carboxylic acids is 1. The average Bonchev–Trinajstić information content (AvgIpc) is 2.96. The van der Waals surface area contributed by atoms with Crippen LogP contribution in [0.15, 0.2) is 30.3 Å². The monoisotopic (exact) mass is 530 g/mol. The van der Waals surface area contributed by atoms with Crippen LogP contribution in [-0.2, 0) is 17.3 Å². The topological polar surface area (TPSA) is 42.0 Å². The van der Waals surface area contributed by atoms with Gasteiger partial charge in [0, 0.05) is 37.3 Å². The van der Waals surface area contributed by atoms with Crippen LogP contribution in [0.5, 0.6) is 5.75 Å². The number of piperidine rings is 1. The lowest BCUT2D eigenvalue weighted by Gasteiger charge is -2.39. The summed E-state index contributed by atoms with van der Waals surface area (Å²) in [5, 5.41) is 0. The number of anilines is 1. The Balaban J connectivity index is 1.57. The molecular weight excluding hydrogens is 493 g/mol. The Kier molecular flexibility index (Phi) is 6.81. The van der Waals surface area contributed by atoms with Crippen molar-refractivity contribution in [2.24, 2.45) is 0 Å². The summed E-state index contributed by atoms with van der Waals surface area (Å²) < 4.78 is 54.0. The van der Waals surface area contributed by atoms with Crippen molar-refractivity contribution in [2.45, 2.75) is 90.1 Å². The summed E-state index contributed by atoms with van der Waals surface area (Å²) in [6.07, 6.45) is -1.40. The van der Waals surface area contributed by atoms with Crippen molar-refractivity contribution in [3.63, 3.8) is 0 Å². The number of carbonyl (C=O) groups is 1. The molecule has 5 rings (SSSR count). The van der Waals surface area contributed by atoms with Gasteiger partial charge in [0.05, 0.1) is 11.7 Å². The summed E-state index contributed by atoms with van der Waals surface area (Å²) in [6.45, 7) is 11.2. The van der Waals surface area contributed by atoms with Crippen molar-refractivity contribution in [2.75, 3.05) is 24.5 Å². The minimum Gasteiger partial charge on any atom is -0.491 e. The normalized spacial score (nSPS) is 21.2. The first-order chi connectivity index (χ1) is 17.8. The Morgan fingerprint density at radius 1 is 1.05 bits per heavy atom. The first-order valence-corrected chi connectivity index (χ1v) is 13.6. The number of amides is 1. The molecule has 2 atom stereocenters. The number of aryl methyl sites for hydroxylation is 1. The number of ether oxygens (including phenoxy) is 2. The Hall–Kier alpha value is -2.90. The first-order valence-electron chi connectivity index (χ1n) is 13.6. The molecular formula is C30H37F3N2O3. The van der Waals surface area contributed by atoms with Crippen LogP contribution in [0, 0.1) is 0 Å². The van der Waals surface area contributed by atoms with Gasteiger partial charge in [-0.2, -0.15) is 13.2 Å². The lowest BCUT2D eigenvalue weighted by atomic mass is 9.85. The van der Waals surface area contributed by atoms with Crippen molar-refractivity contribution in [1.82, 2.24) is 4.90 Å². The highest BCUT2D eigenvalue weighted by molar-refractivity contribution is 5.79. The molecule has 2 aromatic carbocycles. The molecule has 0 aromatic heterocycles. The summed E-state index contributed by atoms with van der Waals surface area (Å²) in [5.41, 5.74) is 2.76. The third-order valence-electron chi connectivity index (χ3n) is 7.61. The van der Waals surface area contributed by atoms with Gasteiger partial charge >= 0.3 is 12.3 Å². The smallest absolute Gasteiger partial charge is 0.417 e. The van der Waals surface area contributed by atoms with E-state index < -0.39 is 17.3 Å². The van der Waals surface area contributed by atoms with Gasteiger partial charge in [-0.15, -0.1) is 0 Å². The van der Waals surface area contributed by atoms with Crippen LogP contribution in [0.4, 0.5) is 23.7 Å². The highest BCUT2D eigenvalue weighted by Crippen LogP contribution is 2.50. The quantitative estimate of drug-likeness (QED) is 0.414. The second-order valence-electron chi connectivity index (χ2n) is 12.0. The van der Waals surface area contributed by atoms with Crippen molar-refractivity contribution < 1.29 is 27.4 Å². The van der Waals surface area contributed by atoms with Crippen LogP contribution >= 0.6 is 0 Å². The van der Waals surface area contributed by atoms with E-state index in [4.69, 9.17) is 9.47 Å². The Morgan fingerprint density at radius 2 is 1.82 bits per heavy atom. The molecule has 3 aliphatic heterocycles. The average molecular weight is 531 g/mol. The molecule has 1 saturated heterocycles.